The monoisotopic (exact) mass is 460 g/mol. The molecule has 0 saturated heterocycles. The molecule has 1 heterocycles. The van der Waals surface area contributed by atoms with Gasteiger partial charge in [-0.1, -0.05) is 78.9 Å². The number of hydrazone groups is 1. The van der Waals surface area contributed by atoms with Crippen molar-refractivity contribution in [1.29, 1.82) is 0 Å². The predicted octanol–water partition coefficient (Wildman–Crippen LogP) is 5.96. The number of nitrogens with one attached hydrogen (secondary N) is 2. The minimum absolute atomic E-state index is 0.325. The molecule has 0 atom stereocenters. The van der Waals surface area contributed by atoms with E-state index in [1.165, 1.54) is 0 Å². The molecule has 4 aromatic carbocycles. The van der Waals surface area contributed by atoms with E-state index in [9.17, 15) is 4.79 Å². The number of aromatic amines is 1. The predicted molar refractivity (Wildman–Crippen MR) is 138 cm³/mol. The van der Waals surface area contributed by atoms with Crippen LogP contribution in [0, 0.1) is 0 Å². The van der Waals surface area contributed by atoms with Gasteiger partial charge in [0, 0.05) is 5.56 Å². The van der Waals surface area contributed by atoms with E-state index in [0.717, 1.165) is 33.2 Å². The molecule has 0 unspecified atom stereocenters. The number of H-pyrrole nitrogens is 1. The topological polar surface area (TPSA) is 79.4 Å². The van der Waals surface area contributed by atoms with E-state index in [1.807, 2.05) is 85.8 Å². The second-order valence-corrected chi connectivity index (χ2v) is 8.17. The molecule has 1 aromatic heterocycles. The maximum atomic E-state index is 12.6. The van der Waals surface area contributed by atoms with Crippen molar-refractivity contribution >= 4 is 22.4 Å². The average Bonchev–Trinajstić information content (AvgIpc) is 3.41. The van der Waals surface area contributed by atoms with Gasteiger partial charge in [-0.25, -0.2) is 5.43 Å². The third-order valence-corrected chi connectivity index (χ3v) is 5.69. The lowest BCUT2D eigenvalue weighted by atomic mass is 10.0. The highest BCUT2D eigenvalue weighted by atomic mass is 16.5. The lowest BCUT2D eigenvalue weighted by Gasteiger charge is -2.07. The van der Waals surface area contributed by atoms with Crippen LogP contribution in [0.25, 0.3) is 22.0 Å². The number of rotatable bonds is 7. The van der Waals surface area contributed by atoms with Gasteiger partial charge >= 0.3 is 0 Å². The van der Waals surface area contributed by atoms with Gasteiger partial charge in [-0.2, -0.15) is 10.2 Å². The molecule has 0 aliphatic carbocycles. The molecule has 5 aromatic rings. The van der Waals surface area contributed by atoms with Gasteiger partial charge in [0.1, 0.15) is 18.1 Å². The number of fused-ring (bicyclic) bond motifs is 1. The van der Waals surface area contributed by atoms with Crippen molar-refractivity contribution in [3.63, 3.8) is 0 Å². The van der Waals surface area contributed by atoms with E-state index in [1.54, 1.807) is 6.07 Å². The van der Waals surface area contributed by atoms with Crippen LogP contribution in [0.1, 0.15) is 28.5 Å². The summed E-state index contributed by atoms with van der Waals surface area (Å²) in [5.41, 5.74) is 7.19. The second kappa shape index (κ2) is 10.1. The van der Waals surface area contributed by atoms with Crippen LogP contribution in [-0.4, -0.2) is 21.8 Å². The number of carbonyl (C=O) groups excluding carboxylic acids is 1. The van der Waals surface area contributed by atoms with Crippen molar-refractivity contribution < 1.29 is 9.53 Å². The summed E-state index contributed by atoms with van der Waals surface area (Å²) >= 11 is 0. The zero-order chi connectivity index (χ0) is 24.0. The van der Waals surface area contributed by atoms with Crippen LogP contribution >= 0.6 is 0 Å². The smallest absolute Gasteiger partial charge is 0.289 e. The van der Waals surface area contributed by atoms with E-state index >= 15 is 0 Å². The molecule has 0 aliphatic heterocycles. The maximum absolute atomic E-state index is 12.6. The minimum Gasteiger partial charge on any atom is -0.489 e. The van der Waals surface area contributed by atoms with Gasteiger partial charge in [0.25, 0.3) is 5.91 Å². The highest BCUT2D eigenvalue weighted by Crippen LogP contribution is 2.23. The van der Waals surface area contributed by atoms with Crippen molar-refractivity contribution in [1.82, 2.24) is 15.6 Å². The molecular formula is C29H24N4O2. The zero-order valence-corrected chi connectivity index (χ0v) is 19.2. The van der Waals surface area contributed by atoms with E-state index < -0.39 is 0 Å². The summed E-state index contributed by atoms with van der Waals surface area (Å²) in [6, 6.07) is 33.6. The third kappa shape index (κ3) is 5.28. The van der Waals surface area contributed by atoms with E-state index in [2.05, 4.69) is 38.9 Å². The molecule has 0 saturated carbocycles. The Morgan fingerprint density at radius 3 is 2.54 bits per heavy atom. The Hall–Kier alpha value is -4.71. The highest BCUT2D eigenvalue weighted by molar-refractivity contribution is 6.03. The Labute approximate surface area is 203 Å². The summed E-state index contributed by atoms with van der Waals surface area (Å²) in [6.45, 7) is 2.34. The first kappa shape index (κ1) is 22.1. The van der Waals surface area contributed by atoms with Crippen molar-refractivity contribution in [2.24, 2.45) is 5.10 Å². The fourth-order valence-electron chi connectivity index (χ4n) is 3.75. The Bertz CT molecular complexity index is 1510. The number of nitrogens with zero attached hydrogens (tertiary/aromatic N) is 2. The lowest BCUT2D eigenvalue weighted by Crippen LogP contribution is -2.19. The van der Waals surface area contributed by atoms with Crippen LogP contribution < -0.4 is 10.2 Å². The van der Waals surface area contributed by atoms with Crippen LogP contribution in [0.15, 0.2) is 108 Å². The Kier molecular flexibility index (Phi) is 6.35. The van der Waals surface area contributed by atoms with Gasteiger partial charge in [0.15, 0.2) is 0 Å². The van der Waals surface area contributed by atoms with Gasteiger partial charge < -0.3 is 4.74 Å². The number of ether oxygens (including phenoxy) is 1. The van der Waals surface area contributed by atoms with E-state index in [-0.39, 0.29) is 5.91 Å². The molecule has 6 heteroatoms. The van der Waals surface area contributed by atoms with Gasteiger partial charge in [0.2, 0.25) is 0 Å². The van der Waals surface area contributed by atoms with Gasteiger partial charge in [-0.05, 0) is 53.1 Å². The first-order chi connectivity index (χ1) is 17.2. The number of hydrogen-bond acceptors (Lipinski definition) is 4. The number of hydrogen-bond donors (Lipinski definition) is 2. The number of carbonyl (C=O) groups is 1. The molecule has 0 aliphatic rings. The molecule has 5 rings (SSSR count). The van der Waals surface area contributed by atoms with Crippen LogP contribution in [-0.2, 0) is 6.61 Å². The van der Waals surface area contributed by atoms with Gasteiger partial charge in [-0.15, -0.1) is 0 Å². The van der Waals surface area contributed by atoms with Crippen molar-refractivity contribution in [3.8, 4) is 17.0 Å². The summed E-state index contributed by atoms with van der Waals surface area (Å²) < 4.78 is 5.91. The van der Waals surface area contributed by atoms with Gasteiger partial charge in [0.05, 0.1) is 11.4 Å². The van der Waals surface area contributed by atoms with Crippen LogP contribution in [0.3, 0.4) is 0 Å². The number of benzene rings is 4. The summed E-state index contributed by atoms with van der Waals surface area (Å²) in [6.07, 6.45) is 0. The normalized spacial score (nSPS) is 11.4. The molecule has 0 spiro atoms. The summed E-state index contributed by atoms with van der Waals surface area (Å²) in [7, 11) is 0. The quantitative estimate of drug-likeness (QED) is 0.232. The minimum atomic E-state index is -0.361. The fraction of sp³-hybridized carbons (Fsp3) is 0.0690. The van der Waals surface area contributed by atoms with Crippen LogP contribution in [0.2, 0.25) is 0 Å². The fourth-order valence-corrected chi connectivity index (χ4v) is 3.75. The molecule has 35 heavy (non-hydrogen) atoms. The molecule has 0 bridgehead atoms. The molecule has 0 radical (unpaired) electrons. The number of amides is 1. The highest BCUT2D eigenvalue weighted by Gasteiger charge is 2.12. The first-order valence-electron chi connectivity index (χ1n) is 11.3. The largest absolute Gasteiger partial charge is 0.489 e. The Morgan fingerprint density at radius 2 is 1.69 bits per heavy atom. The summed E-state index contributed by atoms with van der Waals surface area (Å²) in [5.74, 6) is 0.372. The Morgan fingerprint density at radius 1 is 0.886 bits per heavy atom. The SMILES string of the molecule is C/C(=N\NC(=O)c1cc(-c2cccc(OCc3ccccc3)c2)n[nH]1)c1ccc2ccccc2c1. The summed E-state index contributed by atoms with van der Waals surface area (Å²) in [5, 5.41) is 13.7. The standard InChI is InChI=1S/C29H24N4O2/c1-20(23-15-14-22-10-5-6-11-24(22)16-23)30-33-29(34)28-18-27(31-32-28)25-12-7-13-26(17-25)35-19-21-8-3-2-4-9-21/h2-18H,19H2,1H3,(H,31,32)(H,33,34)/b30-20+. The summed E-state index contributed by atoms with van der Waals surface area (Å²) in [4.78, 5) is 12.6. The second-order valence-electron chi connectivity index (χ2n) is 8.17. The maximum Gasteiger partial charge on any atom is 0.289 e. The first-order valence-corrected chi connectivity index (χ1v) is 11.3. The van der Waals surface area contributed by atoms with Crippen molar-refractivity contribution in [3.05, 3.63) is 120 Å². The molecule has 1 amide bonds. The molecule has 2 N–H and O–H groups in total. The number of aromatic nitrogens is 2. The van der Waals surface area contributed by atoms with Gasteiger partial charge in [-0.3, -0.25) is 9.89 Å². The van der Waals surface area contributed by atoms with E-state index in [0.29, 0.717) is 23.7 Å². The van der Waals surface area contributed by atoms with Crippen LogP contribution in [0.4, 0.5) is 0 Å². The third-order valence-electron chi connectivity index (χ3n) is 5.69. The van der Waals surface area contributed by atoms with E-state index in [4.69, 9.17) is 4.74 Å². The molecule has 172 valence electrons. The Balaban J connectivity index is 1.25. The molecule has 6 nitrogen and oxygen atoms in total. The average molecular weight is 461 g/mol. The van der Waals surface area contributed by atoms with Crippen molar-refractivity contribution in [2.45, 2.75) is 13.5 Å². The van der Waals surface area contributed by atoms with Crippen LogP contribution in [0.5, 0.6) is 5.75 Å². The molecular weight excluding hydrogens is 436 g/mol. The van der Waals surface area contributed by atoms with Crippen molar-refractivity contribution in [2.75, 3.05) is 0 Å². The molecule has 0 fully saturated rings. The zero-order valence-electron chi connectivity index (χ0n) is 19.2. The lowest BCUT2D eigenvalue weighted by molar-refractivity contribution is 0.0950.